The van der Waals surface area contributed by atoms with Crippen LogP contribution in [0.15, 0.2) is 12.7 Å². The average molecular weight is 282 g/mol. The number of terminal acetylenes is 1. The second kappa shape index (κ2) is 8.75. The molecular formula is C14H18O6. The summed E-state index contributed by atoms with van der Waals surface area (Å²) in [4.78, 5) is 33.3. The number of ether oxygens (including phenoxy) is 3. The van der Waals surface area contributed by atoms with E-state index in [4.69, 9.17) is 20.6 Å². The predicted octanol–water partition coefficient (Wildman–Crippen LogP) is 0.991. The number of rotatable bonds is 7. The van der Waals surface area contributed by atoms with Crippen LogP contribution in [0.1, 0.15) is 27.2 Å². The quantitative estimate of drug-likeness (QED) is 0.300. The highest BCUT2D eigenvalue weighted by molar-refractivity contribution is 5.68. The zero-order valence-electron chi connectivity index (χ0n) is 11.8. The second-order valence-electron chi connectivity index (χ2n) is 3.94. The van der Waals surface area contributed by atoms with Gasteiger partial charge in [-0.25, -0.2) is 0 Å². The van der Waals surface area contributed by atoms with Crippen molar-refractivity contribution in [3.63, 3.8) is 0 Å². The molecule has 0 aliphatic heterocycles. The van der Waals surface area contributed by atoms with Gasteiger partial charge in [0.25, 0.3) is 0 Å². The Hall–Kier alpha value is -2.29. The van der Waals surface area contributed by atoms with Crippen LogP contribution in [-0.4, -0.2) is 36.2 Å². The lowest BCUT2D eigenvalue weighted by molar-refractivity contribution is -0.178. The molecule has 0 rings (SSSR count). The first-order chi connectivity index (χ1) is 9.31. The van der Waals surface area contributed by atoms with Crippen molar-refractivity contribution in [2.24, 2.45) is 0 Å². The van der Waals surface area contributed by atoms with E-state index >= 15 is 0 Å². The number of carbonyl (C=O) groups excluding carboxylic acids is 3. The topological polar surface area (TPSA) is 78.9 Å². The number of carbonyl (C=O) groups is 3. The van der Waals surface area contributed by atoms with Crippen LogP contribution >= 0.6 is 0 Å². The van der Waals surface area contributed by atoms with Crippen LogP contribution in [0, 0.1) is 12.3 Å². The Morgan fingerprint density at radius 2 is 1.60 bits per heavy atom. The van der Waals surface area contributed by atoms with Crippen molar-refractivity contribution in [3.05, 3.63) is 12.7 Å². The molecule has 0 N–H and O–H groups in total. The summed E-state index contributed by atoms with van der Waals surface area (Å²) in [6.45, 7) is 7.08. The molecule has 0 aromatic carbocycles. The van der Waals surface area contributed by atoms with Crippen LogP contribution in [0.2, 0.25) is 0 Å². The Bertz CT molecular complexity index is 420. The van der Waals surface area contributed by atoms with Crippen molar-refractivity contribution in [1.29, 1.82) is 0 Å². The van der Waals surface area contributed by atoms with Gasteiger partial charge in [0.2, 0.25) is 0 Å². The Kier molecular flexibility index (Phi) is 7.75. The van der Waals surface area contributed by atoms with Crippen LogP contribution in [0.25, 0.3) is 0 Å². The van der Waals surface area contributed by atoms with Gasteiger partial charge in [0.15, 0.2) is 18.3 Å². The van der Waals surface area contributed by atoms with Gasteiger partial charge in [-0.2, -0.15) is 0 Å². The smallest absolute Gasteiger partial charge is 0.303 e. The molecular weight excluding hydrogens is 264 g/mol. The van der Waals surface area contributed by atoms with E-state index in [1.807, 2.05) is 0 Å². The third-order valence-corrected chi connectivity index (χ3v) is 2.16. The van der Waals surface area contributed by atoms with E-state index in [0.717, 1.165) is 0 Å². The van der Waals surface area contributed by atoms with E-state index in [1.165, 1.54) is 26.8 Å². The van der Waals surface area contributed by atoms with Gasteiger partial charge in [-0.1, -0.05) is 6.58 Å². The predicted molar refractivity (Wildman–Crippen MR) is 70.3 cm³/mol. The summed E-state index contributed by atoms with van der Waals surface area (Å²) >= 11 is 0. The molecule has 0 heterocycles. The van der Waals surface area contributed by atoms with E-state index in [1.54, 1.807) is 0 Å². The van der Waals surface area contributed by atoms with Gasteiger partial charge in [0, 0.05) is 27.2 Å². The zero-order chi connectivity index (χ0) is 15.7. The molecule has 20 heavy (non-hydrogen) atoms. The Balaban J connectivity index is 5.28. The van der Waals surface area contributed by atoms with Gasteiger partial charge in [-0.3, -0.25) is 14.4 Å². The van der Waals surface area contributed by atoms with Crippen LogP contribution in [0.4, 0.5) is 0 Å². The average Bonchev–Trinajstić information content (AvgIpc) is 2.31. The molecule has 3 atom stereocenters. The molecule has 6 heteroatoms. The first-order valence-corrected chi connectivity index (χ1v) is 5.89. The third kappa shape index (κ3) is 6.59. The van der Waals surface area contributed by atoms with Gasteiger partial charge >= 0.3 is 17.9 Å². The van der Waals surface area contributed by atoms with Crippen molar-refractivity contribution in [1.82, 2.24) is 0 Å². The summed E-state index contributed by atoms with van der Waals surface area (Å²) < 4.78 is 15.1. The third-order valence-electron chi connectivity index (χ3n) is 2.16. The number of esters is 3. The van der Waals surface area contributed by atoms with E-state index < -0.39 is 36.2 Å². The standard InChI is InChI=1S/C14H18O6/c1-6-8-13(19-10(4)16)14(20-11(5)17)12(7-2)18-9(3)15/h1,7,12-14H,2,8H2,3-5H3/t12-,13-,14+/m0/s1. The normalized spacial score (nSPS) is 14.1. The van der Waals surface area contributed by atoms with Crippen molar-refractivity contribution in [3.8, 4) is 12.3 Å². The van der Waals surface area contributed by atoms with Crippen LogP contribution in [-0.2, 0) is 28.6 Å². The molecule has 0 aliphatic carbocycles. The zero-order valence-corrected chi connectivity index (χ0v) is 11.8. The minimum Gasteiger partial charge on any atom is -0.457 e. The van der Waals surface area contributed by atoms with Crippen molar-refractivity contribution >= 4 is 17.9 Å². The van der Waals surface area contributed by atoms with Crippen LogP contribution < -0.4 is 0 Å². The maximum absolute atomic E-state index is 11.2. The lowest BCUT2D eigenvalue weighted by Gasteiger charge is -2.29. The Morgan fingerprint density at radius 3 is 1.95 bits per heavy atom. The monoisotopic (exact) mass is 282 g/mol. The Labute approximate surface area is 118 Å². The lowest BCUT2D eigenvalue weighted by Crippen LogP contribution is -2.44. The first kappa shape index (κ1) is 17.7. The second-order valence-corrected chi connectivity index (χ2v) is 3.94. The maximum Gasteiger partial charge on any atom is 0.303 e. The first-order valence-electron chi connectivity index (χ1n) is 5.89. The SMILES string of the molecule is C#CC[C@H](OC(C)=O)[C@H](OC(C)=O)[C@H](C=C)OC(C)=O. The van der Waals surface area contributed by atoms with Gasteiger partial charge in [-0.05, 0) is 6.08 Å². The summed E-state index contributed by atoms with van der Waals surface area (Å²) in [6, 6.07) is 0. The van der Waals surface area contributed by atoms with Crippen LogP contribution in [0.3, 0.4) is 0 Å². The highest BCUT2D eigenvalue weighted by Gasteiger charge is 2.34. The molecule has 110 valence electrons. The minimum absolute atomic E-state index is 0.00311. The van der Waals surface area contributed by atoms with Crippen molar-refractivity contribution in [2.45, 2.75) is 45.5 Å². The highest BCUT2D eigenvalue weighted by Crippen LogP contribution is 2.17. The Morgan fingerprint density at radius 1 is 1.10 bits per heavy atom. The fourth-order valence-electron chi connectivity index (χ4n) is 1.54. The largest absolute Gasteiger partial charge is 0.457 e. The molecule has 0 amide bonds. The van der Waals surface area contributed by atoms with Gasteiger partial charge in [0.1, 0.15) is 0 Å². The minimum atomic E-state index is -1.05. The molecule has 0 bridgehead atoms. The molecule has 0 spiro atoms. The lowest BCUT2D eigenvalue weighted by atomic mass is 10.0. The molecule has 0 aromatic heterocycles. The molecule has 0 aliphatic rings. The fourth-order valence-corrected chi connectivity index (χ4v) is 1.54. The summed E-state index contributed by atoms with van der Waals surface area (Å²) in [5.74, 6) is 0.515. The maximum atomic E-state index is 11.2. The molecule has 0 radical (unpaired) electrons. The van der Waals surface area contributed by atoms with Crippen molar-refractivity contribution in [2.75, 3.05) is 0 Å². The molecule has 6 nitrogen and oxygen atoms in total. The van der Waals surface area contributed by atoms with Gasteiger partial charge in [-0.15, -0.1) is 12.3 Å². The molecule has 0 aromatic rings. The van der Waals surface area contributed by atoms with E-state index in [2.05, 4.69) is 12.5 Å². The molecule has 0 unspecified atom stereocenters. The summed E-state index contributed by atoms with van der Waals surface area (Å²) in [7, 11) is 0. The van der Waals surface area contributed by atoms with E-state index in [9.17, 15) is 14.4 Å². The molecule has 0 saturated carbocycles. The number of hydrogen-bond donors (Lipinski definition) is 0. The highest BCUT2D eigenvalue weighted by atomic mass is 16.6. The van der Waals surface area contributed by atoms with E-state index in [-0.39, 0.29) is 6.42 Å². The van der Waals surface area contributed by atoms with Crippen LogP contribution in [0.5, 0.6) is 0 Å². The molecule has 0 fully saturated rings. The fraction of sp³-hybridized carbons (Fsp3) is 0.500. The van der Waals surface area contributed by atoms with Gasteiger partial charge in [0.05, 0.1) is 0 Å². The summed E-state index contributed by atoms with van der Waals surface area (Å²) in [5.41, 5.74) is 0. The van der Waals surface area contributed by atoms with Gasteiger partial charge < -0.3 is 14.2 Å². The van der Waals surface area contributed by atoms with Crippen molar-refractivity contribution < 1.29 is 28.6 Å². The summed E-state index contributed by atoms with van der Waals surface area (Å²) in [6.07, 6.45) is 3.55. The number of hydrogen-bond acceptors (Lipinski definition) is 6. The summed E-state index contributed by atoms with van der Waals surface area (Å²) in [5, 5.41) is 0. The molecule has 0 saturated heterocycles. The van der Waals surface area contributed by atoms with E-state index in [0.29, 0.717) is 0 Å².